The average Bonchev–Trinajstić information content (AvgIpc) is 3.34. The third-order valence-corrected chi connectivity index (χ3v) is 6.98. The maximum atomic E-state index is 13.6. The molecule has 9 nitrogen and oxygen atoms in total. The van der Waals surface area contributed by atoms with Crippen LogP contribution in [0.3, 0.4) is 0 Å². The summed E-state index contributed by atoms with van der Waals surface area (Å²) in [6.45, 7) is 2.43. The largest absolute Gasteiger partial charge is 0.493 e. The number of amides is 3. The molecule has 1 heterocycles. The molecule has 0 bridgehead atoms. The summed E-state index contributed by atoms with van der Waals surface area (Å²) in [5.74, 6) is -0.0993. The molecule has 1 aliphatic carbocycles. The highest BCUT2D eigenvalue weighted by atomic mass is 16.5. The van der Waals surface area contributed by atoms with Crippen LogP contribution >= 0.6 is 0 Å². The van der Waals surface area contributed by atoms with Gasteiger partial charge in [0, 0.05) is 36.3 Å². The van der Waals surface area contributed by atoms with E-state index >= 15 is 0 Å². The lowest BCUT2D eigenvalue weighted by Crippen LogP contribution is -2.56. The van der Waals surface area contributed by atoms with E-state index in [1.165, 1.54) is 24.0 Å². The fraction of sp³-hybridized carbons (Fsp3) is 0.444. The lowest BCUT2D eigenvalue weighted by Gasteiger charge is -2.33. The molecule has 1 aliphatic heterocycles. The number of hydrogen-bond donors (Lipinski definition) is 2. The Kier molecular flexibility index (Phi) is 7.79. The summed E-state index contributed by atoms with van der Waals surface area (Å²) in [7, 11) is 3.02. The van der Waals surface area contributed by atoms with Crippen LogP contribution < -0.4 is 20.5 Å². The van der Waals surface area contributed by atoms with Gasteiger partial charge in [-0.1, -0.05) is 17.7 Å². The number of benzene rings is 2. The van der Waals surface area contributed by atoms with Gasteiger partial charge in [0.15, 0.2) is 17.7 Å². The van der Waals surface area contributed by atoms with Crippen molar-refractivity contribution in [2.75, 3.05) is 27.3 Å². The SMILES string of the molecule is COc1ccc(C(=O)N2CCN(C(=O)c3ccc(C)cc3)C2C(=O)NC2CCC(N)CC2)cc1OC. The second kappa shape index (κ2) is 11.0. The van der Waals surface area contributed by atoms with Gasteiger partial charge in [-0.15, -0.1) is 0 Å². The number of methoxy groups -OCH3 is 2. The van der Waals surface area contributed by atoms with Crippen molar-refractivity contribution in [1.82, 2.24) is 15.1 Å². The van der Waals surface area contributed by atoms with Crippen molar-refractivity contribution >= 4 is 17.7 Å². The van der Waals surface area contributed by atoms with E-state index in [4.69, 9.17) is 15.2 Å². The van der Waals surface area contributed by atoms with Crippen molar-refractivity contribution < 1.29 is 23.9 Å². The molecular formula is C27H34N4O5. The fourth-order valence-electron chi connectivity index (χ4n) is 4.87. The number of nitrogens with two attached hydrogens (primary N) is 1. The van der Waals surface area contributed by atoms with E-state index in [9.17, 15) is 14.4 Å². The number of nitrogens with one attached hydrogen (secondary N) is 1. The Morgan fingerprint density at radius 3 is 1.97 bits per heavy atom. The first kappa shape index (κ1) is 25.5. The van der Waals surface area contributed by atoms with Gasteiger partial charge in [-0.05, 0) is 62.9 Å². The minimum Gasteiger partial charge on any atom is -0.493 e. The highest BCUT2D eigenvalue weighted by Gasteiger charge is 2.44. The normalized spacial score (nSPS) is 21.7. The quantitative estimate of drug-likeness (QED) is 0.637. The summed E-state index contributed by atoms with van der Waals surface area (Å²) in [5, 5.41) is 3.08. The van der Waals surface area contributed by atoms with Crippen molar-refractivity contribution in [3.8, 4) is 11.5 Å². The molecule has 0 aromatic heterocycles. The van der Waals surface area contributed by atoms with Crippen LogP contribution in [0.1, 0.15) is 52.0 Å². The van der Waals surface area contributed by atoms with E-state index in [-0.39, 0.29) is 42.9 Å². The average molecular weight is 495 g/mol. The number of carbonyl (C=O) groups excluding carboxylic acids is 3. The molecule has 1 saturated heterocycles. The van der Waals surface area contributed by atoms with Gasteiger partial charge in [-0.25, -0.2) is 0 Å². The molecule has 9 heteroatoms. The number of carbonyl (C=O) groups is 3. The zero-order chi connectivity index (χ0) is 25.8. The lowest BCUT2D eigenvalue weighted by molar-refractivity contribution is -0.129. The minimum atomic E-state index is -1.06. The Morgan fingerprint density at radius 2 is 1.39 bits per heavy atom. The molecule has 2 fully saturated rings. The highest BCUT2D eigenvalue weighted by molar-refractivity contribution is 6.02. The van der Waals surface area contributed by atoms with Gasteiger partial charge < -0.3 is 30.3 Å². The maximum Gasteiger partial charge on any atom is 0.264 e. The molecule has 3 amide bonds. The van der Waals surface area contributed by atoms with Gasteiger partial charge >= 0.3 is 0 Å². The van der Waals surface area contributed by atoms with Gasteiger partial charge in [0.25, 0.3) is 17.7 Å². The van der Waals surface area contributed by atoms with Crippen molar-refractivity contribution in [2.24, 2.45) is 5.73 Å². The second-order valence-corrected chi connectivity index (χ2v) is 9.43. The van der Waals surface area contributed by atoms with Crippen molar-refractivity contribution in [1.29, 1.82) is 0 Å². The summed E-state index contributed by atoms with van der Waals surface area (Å²) in [6.07, 6.45) is 2.14. The zero-order valence-corrected chi connectivity index (χ0v) is 21.0. The lowest BCUT2D eigenvalue weighted by atomic mass is 9.92. The number of rotatable bonds is 6. The predicted octanol–water partition coefficient (Wildman–Crippen LogP) is 2.32. The van der Waals surface area contributed by atoms with Gasteiger partial charge in [-0.3, -0.25) is 14.4 Å². The molecule has 1 saturated carbocycles. The van der Waals surface area contributed by atoms with Crippen LogP contribution in [0.15, 0.2) is 42.5 Å². The molecule has 1 atom stereocenters. The van der Waals surface area contributed by atoms with Gasteiger partial charge in [0.05, 0.1) is 14.2 Å². The van der Waals surface area contributed by atoms with E-state index < -0.39 is 6.17 Å². The molecule has 36 heavy (non-hydrogen) atoms. The first-order valence-corrected chi connectivity index (χ1v) is 12.3. The summed E-state index contributed by atoms with van der Waals surface area (Å²) in [4.78, 5) is 43.6. The van der Waals surface area contributed by atoms with Crippen LogP contribution in [0.25, 0.3) is 0 Å². The van der Waals surface area contributed by atoms with Crippen LogP contribution in [-0.4, -0.2) is 73.1 Å². The standard InChI is InChI=1S/C27H34N4O5/c1-17-4-6-18(7-5-17)26(33)30-14-15-31(25(30)24(32)29-21-11-9-20(28)10-12-21)27(34)19-8-13-22(35-2)23(16-19)36-3/h4-8,13,16,20-21,25H,9-12,14-15,28H2,1-3H3,(H,29,32). The highest BCUT2D eigenvalue weighted by Crippen LogP contribution is 2.30. The summed E-state index contributed by atoms with van der Waals surface area (Å²) in [6, 6.07) is 12.2. The molecule has 2 aliphatic rings. The third kappa shape index (κ3) is 5.31. The molecule has 4 rings (SSSR count). The molecule has 0 radical (unpaired) electrons. The topological polar surface area (TPSA) is 114 Å². The first-order chi connectivity index (χ1) is 17.3. The van der Waals surface area contributed by atoms with E-state index in [0.717, 1.165) is 31.2 Å². The van der Waals surface area contributed by atoms with Crippen LogP contribution in [0, 0.1) is 6.92 Å². The van der Waals surface area contributed by atoms with E-state index in [0.29, 0.717) is 22.6 Å². The molecule has 2 aromatic carbocycles. The Labute approximate surface area is 211 Å². The van der Waals surface area contributed by atoms with Gasteiger partial charge in [0.1, 0.15) is 0 Å². The van der Waals surface area contributed by atoms with E-state index in [2.05, 4.69) is 5.32 Å². The van der Waals surface area contributed by atoms with Gasteiger partial charge in [0.2, 0.25) is 0 Å². The van der Waals surface area contributed by atoms with Crippen molar-refractivity contribution in [3.63, 3.8) is 0 Å². The Bertz CT molecular complexity index is 1110. The smallest absolute Gasteiger partial charge is 0.264 e. The summed E-state index contributed by atoms with van der Waals surface area (Å²) in [5.41, 5.74) is 7.87. The number of hydrogen-bond acceptors (Lipinski definition) is 6. The molecule has 192 valence electrons. The molecular weight excluding hydrogens is 460 g/mol. The summed E-state index contributed by atoms with van der Waals surface area (Å²) < 4.78 is 10.6. The van der Waals surface area contributed by atoms with Crippen LogP contribution in [0.4, 0.5) is 0 Å². The summed E-state index contributed by atoms with van der Waals surface area (Å²) >= 11 is 0. The fourth-order valence-corrected chi connectivity index (χ4v) is 4.87. The van der Waals surface area contributed by atoms with E-state index in [1.54, 1.807) is 30.3 Å². The van der Waals surface area contributed by atoms with Crippen molar-refractivity contribution in [2.45, 2.75) is 50.9 Å². The molecule has 1 unspecified atom stereocenters. The number of ether oxygens (including phenoxy) is 2. The zero-order valence-electron chi connectivity index (χ0n) is 21.0. The molecule has 3 N–H and O–H groups in total. The third-order valence-electron chi connectivity index (χ3n) is 6.98. The van der Waals surface area contributed by atoms with Crippen LogP contribution in [0.2, 0.25) is 0 Å². The van der Waals surface area contributed by atoms with E-state index in [1.807, 2.05) is 19.1 Å². The van der Waals surface area contributed by atoms with Crippen molar-refractivity contribution in [3.05, 3.63) is 59.2 Å². The number of aryl methyl sites for hydroxylation is 1. The Hall–Kier alpha value is -3.59. The Balaban J connectivity index is 1.62. The Morgan fingerprint density at radius 1 is 0.833 bits per heavy atom. The van der Waals surface area contributed by atoms with Crippen LogP contribution in [0.5, 0.6) is 11.5 Å². The van der Waals surface area contributed by atoms with Gasteiger partial charge in [-0.2, -0.15) is 0 Å². The molecule has 0 spiro atoms. The predicted molar refractivity (Wildman–Crippen MR) is 135 cm³/mol. The number of nitrogens with zero attached hydrogens (tertiary/aromatic N) is 2. The second-order valence-electron chi connectivity index (χ2n) is 9.43. The van der Waals surface area contributed by atoms with Crippen LogP contribution in [-0.2, 0) is 4.79 Å². The monoisotopic (exact) mass is 494 g/mol. The minimum absolute atomic E-state index is 0.0349. The first-order valence-electron chi connectivity index (χ1n) is 12.3. The maximum absolute atomic E-state index is 13.6. The molecule has 2 aromatic rings.